The van der Waals surface area contributed by atoms with Crippen molar-refractivity contribution in [2.24, 2.45) is 5.73 Å². The highest BCUT2D eigenvalue weighted by Gasteiger charge is 2.27. The Morgan fingerprint density at radius 2 is 2.12 bits per heavy atom. The first kappa shape index (κ1) is 13.4. The van der Waals surface area contributed by atoms with Crippen molar-refractivity contribution in [1.82, 2.24) is 10.6 Å². The van der Waals surface area contributed by atoms with Gasteiger partial charge >= 0.3 is 5.97 Å². The van der Waals surface area contributed by atoms with Gasteiger partial charge in [-0.15, -0.1) is 0 Å². The lowest BCUT2D eigenvalue weighted by molar-refractivity contribution is -0.143. The van der Waals surface area contributed by atoms with E-state index in [1.807, 2.05) is 0 Å². The summed E-state index contributed by atoms with van der Waals surface area (Å²) < 4.78 is 0. The summed E-state index contributed by atoms with van der Waals surface area (Å²) in [6.07, 6.45) is 2.22. The molecule has 0 radical (unpaired) electrons. The van der Waals surface area contributed by atoms with Gasteiger partial charge in [0.15, 0.2) is 0 Å². The normalized spacial score (nSPS) is 21.5. The van der Waals surface area contributed by atoms with Gasteiger partial charge in [0.1, 0.15) is 6.04 Å². The summed E-state index contributed by atoms with van der Waals surface area (Å²) >= 11 is 0. The second kappa shape index (κ2) is 6.19. The zero-order valence-corrected chi connectivity index (χ0v) is 9.44. The zero-order chi connectivity index (χ0) is 12.8. The highest BCUT2D eigenvalue weighted by Crippen LogP contribution is 2.07. The van der Waals surface area contributed by atoms with E-state index < -0.39 is 30.2 Å². The number of carbonyl (C=O) groups is 3. The maximum Gasteiger partial charge on any atom is 0.326 e. The van der Waals surface area contributed by atoms with Crippen LogP contribution in [0.4, 0.5) is 0 Å². The van der Waals surface area contributed by atoms with Crippen LogP contribution in [0.15, 0.2) is 0 Å². The van der Waals surface area contributed by atoms with Gasteiger partial charge in [0.05, 0.1) is 12.5 Å². The molecule has 2 atom stereocenters. The lowest BCUT2D eigenvalue weighted by Crippen LogP contribution is -2.52. The molecule has 0 aromatic rings. The molecule has 1 saturated heterocycles. The molecule has 0 aliphatic carbocycles. The molecule has 1 fully saturated rings. The van der Waals surface area contributed by atoms with Crippen LogP contribution < -0.4 is 16.4 Å². The van der Waals surface area contributed by atoms with E-state index in [0.29, 0.717) is 6.42 Å². The summed E-state index contributed by atoms with van der Waals surface area (Å²) in [5.41, 5.74) is 4.92. The van der Waals surface area contributed by atoms with Crippen molar-refractivity contribution >= 4 is 17.8 Å². The number of nitrogens with two attached hydrogens (primary N) is 1. The molecule has 0 aromatic carbocycles. The van der Waals surface area contributed by atoms with E-state index in [1.54, 1.807) is 0 Å². The number of aliphatic carboxylic acids is 1. The van der Waals surface area contributed by atoms with Gasteiger partial charge in [-0.05, 0) is 19.4 Å². The Morgan fingerprint density at radius 1 is 1.41 bits per heavy atom. The highest BCUT2D eigenvalue weighted by molar-refractivity contribution is 5.90. The van der Waals surface area contributed by atoms with Crippen molar-refractivity contribution < 1.29 is 19.5 Å². The van der Waals surface area contributed by atoms with Crippen molar-refractivity contribution in [3.8, 4) is 0 Å². The van der Waals surface area contributed by atoms with Crippen LogP contribution in [0.3, 0.4) is 0 Å². The first-order chi connectivity index (χ1) is 8.00. The molecule has 2 amide bonds. The third-order valence-electron chi connectivity index (χ3n) is 2.65. The van der Waals surface area contributed by atoms with Gasteiger partial charge in [-0.1, -0.05) is 6.42 Å². The van der Waals surface area contributed by atoms with Gasteiger partial charge in [0, 0.05) is 0 Å². The Morgan fingerprint density at radius 3 is 2.59 bits per heavy atom. The van der Waals surface area contributed by atoms with E-state index >= 15 is 0 Å². The molecule has 17 heavy (non-hydrogen) atoms. The number of amides is 2. The fourth-order valence-corrected chi connectivity index (χ4v) is 1.75. The molecule has 5 N–H and O–H groups in total. The zero-order valence-electron chi connectivity index (χ0n) is 9.44. The monoisotopic (exact) mass is 243 g/mol. The van der Waals surface area contributed by atoms with Crippen molar-refractivity contribution in [2.45, 2.75) is 37.8 Å². The number of primary amides is 1. The molecule has 0 aromatic heterocycles. The summed E-state index contributed by atoms with van der Waals surface area (Å²) in [6.45, 7) is 0.742. The summed E-state index contributed by atoms with van der Waals surface area (Å²) in [5, 5.41) is 14.1. The molecule has 1 aliphatic heterocycles. The quantitative estimate of drug-likeness (QED) is 0.472. The van der Waals surface area contributed by atoms with E-state index in [2.05, 4.69) is 10.6 Å². The number of nitrogens with one attached hydrogen (secondary N) is 2. The number of carboxylic acid groups (broad SMARTS) is 1. The molecular weight excluding hydrogens is 226 g/mol. The smallest absolute Gasteiger partial charge is 0.326 e. The van der Waals surface area contributed by atoms with E-state index in [-0.39, 0.29) is 6.04 Å². The Kier molecular flexibility index (Phi) is 4.89. The molecule has 96 valence electrons. The van der Waals surface area contributed by atoms with E-state index in [9.17, 15) is 14.4 Å². The molecule has 7 heteroatoms. The molecular formula is C10H17N3O4. The number of carboxylic acids is 1. The fraction of sp³-hybridized carbons (Fsp3) is 0.700. The third-order valence-corrected chi connectivity index (χ3v) is 2.65. The van der Waals surface area contributed by atoms with Gasteiger partial charge in [-0.25, -0.2) is 4.79 Å². The van der Waals surface area contributed by atoms with Crippen molar-refractivity contribution in [3.05, 3.63) is 0 Å². The van der Waals surface area contributed by atoms with Crippen LogP contribution in [0.25, 0.3) is 0 Å². The first-order valence-electron chi connectivity index (χ1n) is 5.55. The molecule has 7 nitrogen and oxygen atoms in total. The summed E-state index contributed by atoms with van der Waals surface area (Å²) in [4.78, 5) is 33.2. The Bertz CT molecular complexity index is 313. The molecule has 0 saturated carbocycles. The molecule has 1 heterocycles. The van der Waals surface area contributed by atoms with Gasteiger partial charge < -0.3 is 21.5 Å². The van der Waals surface area contributed by atoms with Gasteiger partial charge in [-0.2, -0.15) is 0 Å². The average Bonchev–Trinajstić information content (AvgIpc) is 2.28. The maximum atomic E-state index is 11.7. The van der Waals surface area contributed by atoms with E-state index in [4.69, 9.17) is 10.8 Å². The first-order valence-corrected chi connectivity index (χ1v) is 5.55. The second-order valence-corrected chi connectivity index (χ2v) is 4.07. The Hall–Kier alpha value is -1.63. The summed E-state index contributed by atoms with van der Waals surface area (Å²) in [5.74, 6) is -2.40. The molecule has 1 unspecified atom stereocenters. The fourth-order valence-electron chi connectivity index (χ4n) is 1.75. The van der Waals surface area contributed by atoms with Gasteiger partial charge in [0.2, 0.25) is 11.8 Å². The minimum atomic E-state index is -1.26. The number of rotatable bonds is 5. The summed E-state index contributed by atoms with van der Waals surface area (Å²) in [6, 6.07) is -1.62. The second-order valence-electron chi connectivity index (χ2n) is 4.07. The largest absolute Gasteiger partial charge is 0.480 e. The minimum absolute atomic E-state index is 0.376. The molecule has 1 aliphatic rings. The lowest BCUT2D eigenvalue weighted by Gasteiger charge is -2.24. The van der Waals surface area contributed by atoms with Crippen LogP contribution in [0, 0.1) is 0 Å². The standard InChI is InChI=1S/C10H17N3O4/c11-8(14)5-7(10(16)17)13-9(15)6-3-1-2-4-12-6/h6-7,12H,1-5H2,(H2,11,14)(H,13,15)(H,16,17)/t6?,7-/m1/s1. The molecule has 0 bridgehead atoms. The van der Waals surface area contributed by atoms with Crippen molar-refractivity contribution in [3.63, 3.8) is 0 Å². The Labute approximate surface area is 98.7 Å². The van der Waals surface area contributed by atoms with E-state index in [0.717, 1.165) is 19.4 Å². The topological polar surface area (TPSA) is 122 Å². The molecule has 0 spiro atoms. The maximum absolute atomic E-state index is 11.7. The van der Waals surface area contributed by atoms with Crippen LogP contribution in [-0.4, -0.2) is 41.5 Å². The Balaban J connectivity index is 2.50. The van der Waals surface area contributed by atoms with Gasteiger partial charge in [0.25, 0.3) is 0 Å². The van der Waals surface area contributed by atoms with Crippen molar-refractivity contribution in [1.29, 1.82) is 0 Å². The molecule has 1 rings (SSSR count). The predicted octanol–water partition coefficient (Wildman–Crippen LogP) is -1.43. The third kappa shape index (κ3) is 4.39. The average molecular weight is 243 g/mol. The number of hydrogen-bond donors (Lipinski definition) is 4. The summed E-state index contributed by atoms with van der Waals surface area (Å²) in [7, 11) is 0. The number of carbonyl (C=O) groups excluding carboxylic acids is 2. The van der Waals surface area contributed by atoms with Crippen LogP contribution in [0.2, 0.25) is 0 Å². The van der Waals surface area contributed by atoms with Crippen LogP contribution in [0.1, 0.15) is 25.7 Å². The van der Waals surface area contributed by atoms with Crippen LogP contribution in [0.5, 0.6) is 0 Å². The number of piperidine rings is 1. The van der Waals surface area contributed by atoms with Gasteiger partial charge in [-0.3, -0.25) is 9.59 Å². The SMILES string of the molecule is NC(=O)C[C@@H](NC(=O)C1CCCCN1)C(=O)O. The minimum Gasteiger partial charge on any atom is -0.480 e. The highest BCUT2D eigenvalue weighted by atomic mass is 16.4. The predicted molar refractivity (Wildman–Crippen MR) is 59.0 cm³/mol. The van der Waals surface area contributed by atoms with Crippen LogP contribution in [-0.2, 0) is 14.4 Å². The number of hydrogen-bond acceptors (Lipinski definition) is 4. The van der Waals surface area contributed by atoms with E-state index in [1.165, 1.54) is 0 Å². The lowest BCUT2D eigenvalue weighted by atomic mass is 10.0. The van der Waals surface area contributed by atoms with Crippen LogP contribution >= 0.6 is 0 Å². The van der Waals surface area contributed by atoms with Crippen molar-refractivity contribution in [2.75, 3.05) is 6.54 Å².